The number of nitrogens with zero attached hydrogens (tertiary/aromatic N) is 1. The van der Waals surface area contributed by atoms with Gasteiger partial charge in [-0.1, -0.05) is 0 Å². The van der Waals surface area contributed by atoms with E-state index in [0.29, 0.717) is 0 Å². The summed E-state index contributed by atoms with van der Waals surface area (Å²) in [5.41, 5.74) is -0.551. The van der Waals surface area contributed by atoms with Gasteiger partial charge in [0.1, 0.15) is 5.69 Å². The molecule has 70 valence electrons. The van der Waals surface area contributed by atoms with Gasteiger partial charge in [-0.05, 0) is 12.1 Å². The molecular weight excluding hydrogens is 201 g/mol. The molecule has 7 heteroatoms. The number of sulfone groups is 1. The molecule has 0 spiro atoms. The maximum Gasteiger partial charge on any atom is 1.00 e. The van der Waals surface area contributed by atoms with Gasteiger partial charge >= 0.3 is 18.9 Å². The molecule has 0 amide bonds. The van der Waals surface area contributed by atoms with E-state index in [0.717, 1.165) is 6.26 Å². The number of hydrogen-bond acceptors (Lipinski definition) is 5. The molecule has 0 saturated heterocycles. The minimum Gasteiger partial charge on any atom is -0.543 e. The Hall–Kier alpha value is -0.833. The third kappa shape index (κ3) is 2.84. The molecule has 14 heavy (non-hydrogen) atoms. The number of aromatic nitrogens is 1. The molecular formula is C7H6LiNO4S. The van der Waals surface area contributed by atoms with E-state index in [-0.39, 0.29) is 23.8 Å². The van der Waals surface area contributed by atoms with E-state index in [9.17, 15) is 18.3 Å². The van der Waals surface area contributed by atoms with Crippen molar-refractivity contribution in [2.24, 2.45) is 0 Å². The average molecular weight is 207 g/mol. The Morgan fingerprint density at radius 3 is 2.43 bits per heavy atom. The van der Waals surface area contributed by atoms with Crippen LogP contribution in [0, 0.1) is 0 Å². The van der Waals surface area contributed by atoms with Crippen LogP contribution in [0.1, 0.15) is 10.5 Å². The van der Waals surface area contributed by atoms with Gasteiger partial charge in [0.2, 0.25) is 0 Å². The third-order valence-corrected chi connectivity index (χ3v) is 2.49. The molecule has 0 radical (unpaired) electrons. The number of aromatic carboxylic acids is 1. The van der Waals surface area contributed by atoms with Crippen LogP contribution in [-0.4, -0.2) is 25.6 Å². The third-order valence-electron chi connectivity index (χ3n) is 1.36. The van der Waals surface area contributed by atoms with Crippen molar-refractivity contribution in [1.82, 2.24) is 4.98 Å². The molecule has 0 fully saturated rings. The van der Waals surface area contributed by atoms with E-state index in [1.54, 1.807) is 0 Å². The van der Waals surface area contributed by atoms with Crippen LogP contribution in [0.5, 0.6) is 0 Å². The summed E-state index contributed by atoms with van der Waals surface area (Å²) in [6.45, 7) is 0. The summed E-state index contributed by atoms with van der Waals surface area (Å²) < 4.78 is 22.1. The Bertz CT molecular complexity index is 443. The zero-order valence-corrected chi connectivity index (χ0v) is 8.54. The summed E-state index contributed by atoms with van der Waals surface area (Å²) in [5.74, 6) is -1.60. The number of hydrogen-bond donors (Lipinski definition) is 0. The van der Waals surface area contributed by atoms with Gasteiger partial charge in [0, 0.05) is 12.5 Å². The van der Waals surface area contributed by atoms with Gasteiger partial charge < -0.3 is 9.90 Å². The van der Waals surface area contributed by atoms with Crippen LogP contribution < -0.4 is 24.0 Å². The first-order valence-electron chi connectivity index (χ1n) is 3.29. The monoisotopic (exact) mass is 207 g/mol. The molecule has 5 nitrogen and oxygen atoms in total. The van der Waals surface area contributed by atoms with Gasteiger partial charge in [-0.3, -0.25) is 4.98 Å². The molecule has 0 atom stereocenters. The van der Waals surface area contributed by atoms with Crippen LogP contribution in [-0.2, 0) is 9.84 Å². The fraction of sp³-hybridized carbons (Fsp3) is 0.143. The van der Waals surface area contributed by atoms with E-state index in [1.807, 2.05) is 0 Å². The van der Waals surface area contributed by atoms with Gasteiger partial charge in [-0.25, -0.2) is 8.42 Å². The molecule has 0 aliphatic carbocycles. The summed E-state index contributed by atoms with van der Waals surface area (Å²) in [6.07, 6.45) is 2.11. The van der Waals surface area contributed by atoms with Crippen LogP contribution >= 0.6 is 0 Å². The zero-order chi connectivity index (χ0) is 10.1. The average Bonchev–Trinajstić information content (AvgIpc) is 2.03. The van der Waals surface area contributed by atoms with Gasteiger partial charge in [0.25, 0.3) is 0 Å². The summed E-state index contributed by atoms with van der Waals surface area (Å²) >= 11 is 0. The molecule has 0 aromatic carbocycles. The molecule has 0 aliphatic rings. The number of pyridine rings is 1. The largest absolute Gasteiger partial charge is 1.00 e. The van der Waals surface area contributed by atoms with Crippen molar-refractivity contribution >= 4 is 15.8 Å². The first-order valence-corrected chi connectivity index (χ1v) is 5.18. The van der Waals surface area contributed by atoms with E-state index in [1.165, 1.54) is 18.3 Å². The fourth-order valence-electron chi connectivity index (χ4n) is 0.843. The molecule has 0 N–H and O–H groups in total. The second-order valence-corrected chi connectivity index (χ2v) is 4.39. The first kappa shape index (κ1) is 13.2. The van der Waals surface area contributed by atoms with Crippen molar-refractivity contribution in [3.63, 3.8) is 0 Å². The standard InChI is InChI=1S/C7H7NO4S.Li/c1-13(11,12)5-3-2-4-8-6(5)7(9)10;/h2-4H,1H3,(H,9,10);/q;+1/p-1. The van der Waals surface area contributed by atoms with Crippen molar-refractivity contribution in [3.8, 4) is 0 Å². The Labute approximate surface area is 93.3 Å². The molecule has 0 bridgehead atoms. The predicted molar refractivity (Wildman–Crippen MR) is 41.7 cm³/mol. The molecule has 0 aliphatic heterocycles. The summed E-state index contributed by atoms with van der Waals surface area (Å²) in [4.78, 5) is 13.5. The van der Waals surface area contributed by atoms with Crippen LogP contribution in [0.25, 0.3) is 0 Å². The van der Waals surface area contributed by atoms with Crippen LogP contribution in [0.3, 0.4) is 0 Å². The molecule has 0 unspecified atom stereocenters. The second kappa shape index (κ2) is 4.60. The Balaban J connectivity index is 0.00000169. The molecule has 1 rings (SSSR count). The quantitative estimate of drug-likeness (QED) is 0.459. The van der Waals surface area contributed by atoms with E-state index in [2.05, 4.69) is 4.98 Å². The number of carboxylic acids is 1. The Morgan fingerprint density at radius 1 is 1.50 bits per heavy atom. The molecule has 0 saturated carbocycles. The van der Waals surface area contributed by atoms with Gasteiger partial charge in [-0.2, -0.15) is 0 Å². The topological polar surface area (TPSA) is 87.2 Å². The SMILES string of the molecule is CS(=O)(=O)c1cccnc1C(=O)[O-].[Li+]. The number of carbonyl (C=O) groups is 1. The van der Waals surface area contributed by atoms with Crippen LogP contribution in [0.2, 0.25) is 0 Å². The van der Waals surface area contributed by atoms with Crippen LogP contribution in [0.4, 0.5) is 0 Å². The van der Waals surface area contributed by atoms with Crippen molar-refractivity contribution in [3.05, 3.63) is 24.0 Å². The summed E-state index contributed by atoms with van der Waals surface area (Å²) in [6, 6.07) is 2.52. The zero-order valence-electron chi connectivity index (χ0n) is 7.72. The predicted octanol–water partition coefficient (Wildman–Crippen LogP) is -4.15. The van der Waals surface area contributed by atoms with E-state index in [4.69, 9.17) is 0 Å². The minimum atomic E-state index is -3.56. The molecule has 1 heterocycles. The summed E-state index contributed by atoms with van der Waals surface area (Å²) in [7, 11) is -3.56. The van der Waals surface area contributed by atoms with E-state index >= 15 is 0 Å². The smallest absolute Gasteiger partial charge is 0.543 e. The molecule has 1 aromatic rings. The normalized spacial score (nSPS) is 10.4. The Morgan fingerprint density at radius 2 is 2.07 bits per heavy atom. The molecule has 1 aromatic heterocycles. The second-order valence-electron chi connectivity index (χ2n) is 2.41. The summed E-state index contributed by atoms with van der Waals surface area (Å²) in [5, 5.41) is 10.4. The number of carbonyl (C=O) groups excluding carboxylic acids is 1. The van der Waals surface area contributed by atoms with Crippen molar-refractivity contribution in [1.29, 1.82) is 0 Å². The van der Waals surface area contributed by atoms with Crippen LogP contribution in [0.15, 0.2) is 23.2 Å². The van der Waals surface area contributed by atoms with Gasteiger partial charge in [0.15, 0.2) is 9.84 Å². The van der Waals surface area contributed by atoms with Crippen molar-refractivity contribution in [2.45, 2.75) is 4.90 Å². The van der Waals surface area contributed by atoms with Crippen molar-refractivity contribution < 1.29 is 37.2 Å². The first-order chi connectivity index (χ1) is 5.93. The van der Waals surface area contributed by atoms with Gasteiger partial charge in [-0.15, -0.1) is 0 Å². The van der Waals surface area contributed by atoms with Crippen molar-refractivity contribution in [2.75, 3.05) is 6.26 Å². The minimum absolute atomic E-state index is 0. The van der Waals surface area contributed by atoms with Gasteiger partial charge in [0.05, 0.1) is 10.9 Å². The maximum absolute atomic E-state index is 11.0. The van der Waals surface area contributed by atoms with E-state index < -0.39 is 21.5 Å². The Kier molecular flexibility index (Phi) is 4.32. The number of rotatable bonds is 2. The maximum atomic E-state index is 11.0. The number of carboxylic acid groups (broad SMARTS) is 1. The fourth-order valence-corrected chi connectivity index (χ4v) is 1.66.